The Balaban J connectivity index is 1.22. The molecule has 2 aliphatic heterocycles. The van der Waals surface area contributed by atoms with Crippen molar-refractivity contribution < 1.29 is 23.7 Å². The van der Waals surface area contributed by atoms with Crippen LogP contribution in [-0.2, 0) is 22.7 Å². The molecule has 6 nitrogen and oxygen atoms in total. The number of likely N-dealkylation sites (tertiary alicyclic amines) is 1. The summed E-state index contributed by atoms with van der Waals surface area (Å²) in [6.07, 6.45) is 0.883. The van der Waals surface area contributed by atoms with Gasteiger partial charge in [0, 0.05) is 31.5 Å². The second-order valence-corrected chi connectivity index (χ2v) is 11.5. The largest absolute Gasteiger partial charge is 0.489 e. The van der Waals surface area contributed by atoms with Gasteiger partial charge in [-0.25, -0.2) is 4.79 Å². The van der Waals surface area contributed by atoms with Crippen molar-refractivity contribution in [3.05, 3.63) is 81.8 Å². The fourth-order valence-electron chi connectivity index (χ4n) is 4.57. The Morgan fingerprint density at radius 2 is 1.74 bits per heavy atom. The molecule has 3 aromatic rings. The van der Waals surface area contributed by atoms with E-state index >= 15 is 0 Å². The van der Waals surface area contributed by atoms with Gasteiger partial charge < -0.3 is 23.8 Å². The SMILES string of the molecule is CC(C)(C)OC(=O)N1CCC2(CC1)OCc1cc(-c3cccc(OCc4ccc(Cl)c(Cl)c4)c3)ccc1O2. The molecule has 1 spiro atoms. The number of rotatable bonds is 4. The zero-order chi connectivity index (χ0) is 26.9. The molecule has 2 aliphatic rings. The molecule has 38 heavy (non-hydrogen) atoms. The molecule has 1 amide bonds. The summed E-state index contributed by atoms with van der Waals surface area (Å²) in [4.78, 5) is 14.1. The molecule has 1 fully saturated rings. The van der Waals surface area contributed by atoms with Gasteiger partial charge in [-0.05, 0) is 73.9 Å². The zero-order valence-corrected chi connectivity index (χ0v) is 23.3. The first kappa shape index (κ1) is 26.7. The highest BCUT2D eigenvalue weighted by atomic mass is 35.5. The van der Waals surface area contributed by atoms with E-state index in [0.717, 1.165) is 33.8 Å². The Labute approximate surface area is 233 Å². The molecular weight excluding hydrogens is 525 g/mol. The third-order valence-electron chi connectivity index (χ3n) is 6.58. The quantitative estimate of drug-likeness (QED) is 0.327. The van der Waals surface area contributed by atoms with Crippen LogP contribution >= 0.6 is 23.2 Å². The number of fused-ring (bicyclic) bond motifs is 1. The van der Waals surface area contributed by atoms with Gasteiger partial charge in [-0.1, -0.05) is 47.5 Å². The summed E-state index contributed by atoms with van der Waals surface area (Å²) in [5.41, 5.74) is 3.50. The maximum Gasteiger partial charge on any atom is 0.410 e. The lowest BCUT2D eigenvalue weighted by atomic mass is 9.99. The van der Waals surface area contributed by atoms with Crippen molar-refractivity contribution in [2.75, 3.05) is 13.1 Å². The first-order chi connectivity index (χ1) is 18.1. The first-order valence-corrected chi connectivity index (χ1v) is 13.5. The average Bonchev–Trinajstić information content (AvgIpc) is 2.89. The van der Waals surface area contributed by atoms with Crippen LogP contribution in [0, 0.1) is 0 Å². The third kappa shape index (κ3) is 6.20. The van der Waals surface area contributed by atoms with E-state index in [0.29, 0.717) is 49.2 Å². The molecule has 8 heteroatoms. The number of carbonyl (C=O) groups is 1. The predicted octanol–water partition coefficient (Wildman–Crippen LogP) is 7.88. The standard InChI is InChI=1S/C30H31Cl2NO5/c1-29(2,3)38-28(34)33-13-11-30(12-14-33)36-19-23-16-22(8-10-27(23)37-30)21-5-4-6-24(17-21)35-18-20-7-9-25(31)26(32)15-20/h4-10,15-17H,11-14,18-19H2,1-3H3. The number of amides is 1. The van der Waals surface area contributed by atoms with E-state index in [4.69, 9.17) is 42.1 Å². The molecule has 1 saturated heterocycles. The summed E-state index contributed by atoms with van der Waals surface area (Å²) in [5.74, 6) is 0.859. The predicted molar refractivity (Wildman–Crippen MR) is 148 cm³/mol. The fraction of sp³-hybridized carbons (Fsp3) is 0.367. The summed E-state index contributed by atoms with van der Waals surface area (Å²) >= 11 is 12.1. The summed E-state index contributed by atoms with van der Waals surface area (Å²) < 4.78 is 24.1. The number of halogens is 2. The number of hydrogen-bond donors (Lipinski definition) is 0. The molecule has 0 aromatic heterocycles. The topological polar surface area (TPSA) is 57.2 Å². The maximum atomic E-state index is 12.4. The number of benzene rings is 3. The van der Waals surface area contributed by atoms with Gasteiger partial charge in [0.1, 0.15) is 23.7 Å². The number of nitrogens with zero attached hydrogens (tertiary/aromatic N) is 1. The monoisotopic (exact) mass is 555 g/mol. The lowest BCUT2D eigenvalue weighted by molar-refractivity contribution is -0.226. The van der Waals surface area contributed by atoms with Gasteiger partial charge >= 0.3 is 6.09 Å². The zero-order valence-electron chi connectivity index (χ0n) is 21.8. The van der Waals surface area contributed by atoms with E-state index < -0.39 is 11.4 Å². The van der Waals surface area contributed by atoms with E-state index in [-0.39, 0.29) is 6.09 Å². The number of hydrogen-bond acceptors (Lipinski definition) is 5. The lowest BCUT2D eigenvalue weighted by Gasteiger charge is -2.44. The van der Waals surface area contributed by atoms with Gasteiger partial charge in [-0.2, -0.15) is 0 Å². The molecule has 0 unspecified atom stereocenters. The summed E-state index contributed by atoms with van der Waals surface area (Å²) in [7, 11) is 0. The first-order valence-electron chi connectivity index (χ1n) is 12.7. The van der Waals surface area contributed by atoms with Crippen LogP contribution in [0.1, 0.15) is 44.7 Å². The molecule has 0 saturated carbocycles. The van der Waals surface area contributed by atoms with Gasteiger partial charge in [0.25, 0.3) is 0 Å². The smallest absolute Gasteiger partial charge is 0.410 e. The average molecular weight is 556 g/mol. The number of piperidine rings is 1. The molecule has 0 aliphatic carbocycles. The highest BCUT2D eigenvalue weighted by Gasteiger charge is 2.42. The Hall–Kier alpha value is -2.93. The van der Waals surface area contributed by atoms with Crippen molar-refractivity contribution in [2.24, 2.45) is 0 Å². The van der Waals surface area contributed by atoms with E-state index in [1.807, 2.05) is 69.3 Å². The van der Waals surface area contributed by atoms with Crippen molar-refractivity contribution in [1.82, 2.24) is 4.90 Å². The highest BCUT2D eigenvalue weighted by Crippen LogP contribution is 2.39. The van der Waals surface area contributed by atoms with Crippen LogP contribution in [-0.4, -0.2) is 35.5 Å². The maximum absolute atomic E-state index is 12.4. The Morgan fingerprint density at radius 1 is 0.974 bits per heavy atom. The van der Waals surface area contributed by atoms with Crippen molar-refractivity contribution in [3.8, 4) is 22.6 Å². The van der Waals surface area contributed by atoms with Gasteiger partial charge in [-0.15, -0.1) is 0 Å². The van der Waals surface area contributed by atoms with E-state index in [1.54, 1.807) is 11.0 Å². The second kappa shape index (κ2) is 10.7. The minimum absolute atomic E-state index is 0.295. The van der Waals surface area contributed by atoms with Crippen LogP contribution in [0.25, 0.3) is 11.1 Å². The second-order valence-electron chi connectivity index (χ2n) is 10.7. The Bertz CT molecular complexity index is 1330. The molecule has 0 atom stereocenters. The van der Waals surface area contributed by atoms with Gasteiger partial charge in [0.15, 0.2) is 0 Å². The van der Waals surface area contributed by atoms with Crippen LogP contribution in [0.3, 0.4) is 0 Å². The Kier molecular flexibility index (Phi) is 7.49. The van der Waals surface area contributed by atoms with Crippen LogP contribution < -0.4 is 9.47 Å². The fourth-order valence-corrected chi connectivity index (χ4v) is 4.90. The van der Waals surface area contributed by atoms with Gasteiger partial charge in [0.05, 0.1) is 16.7 Å². The minimum atomic E-state index is -0.717. The minimum Gasteiger partial charge on any atom is -0.489 e. The van der Waals surface area contributed by atoms with Crippen LogP contribution in [0.4, 0.5) is 4.79 Å². The molecule has 2 heterocycles. The van der Waals surface area contributed by atoms with Crippen molar-refractivity contribution in [1.29, 1.82) is 0 Å². The van der Waals surface area contributed by atoms with Gasteiger partial charge in [0.2, 0.25) is 5.79 Å². The number of ether oxygens (including phenoxy) is 4. The molecule has 5 rings (SSSR count). The molecule has 0 bridgehead atoms. The lowest BCUT2D eigenvalue weighted by Crippen LogP contribution is -2.53. The van der Waals surface area contributed by atoms with Gasteiger partial charge in [-0.3, -0.25) is 0 Å². The van der Waals surface area contributed by atoms with E-state index in [1.165, 1.54) is 0 Å². The molecule has 0 radical (unpaired) electrons. The van der Waals surface area contributed by atoms with Crippen LogP contribution in [0.2, 0.25) is 10.0 Å². The molecule has 0 N–H and O–H groups in total. The normalized spacial score (nSPS) is 16.5. The molecular formula is C30H31Cl2NO5. The van der Waals surface area contributed by atoms with Crippen molar-refractivity contribution >= 4 is 29.3 Å². The highest BCUT2D eigenvalue weighted by molar-refractivity contribution is 6.42. The van der Waals surface area contributed by atoms with Crippen molar-refractivity contribution in [2.45, 2.75) is 58.2 Å². The summed E-state index contributed by atoms with van der Waals surface area (Å²) in [6.45, 7) is 7.50. The van der Waals surface area contributed by atoms with E-state index in [9.17, 15) is 4.79 Å². The van der Waals surface area contributed by atoms with Crippen LogP contribution in [0.5, 0.6) is 11.5 Å². The summed E-state index contributed by atoms with van der Waals surface area (Å²) in [5, 5.41) is 1.03. The van der Waals surface area contributed by atoms with E-state index in [2.05, 4.69) is 6.07 Å². The van der Waals surface area contributed by atoms with Crippen molar-refractivity contribution in [3.63, 3.8) is 0 Å². The Morgan fingerprint density at radius 3 is 2.47 bits per heavy atom. The molecule has 200 valence electrons. The third-order valence-corrected chi connectivity index (χ3v) is 7.32. The molecule has 3 aromatic carbocycles. The summed E-state index contributed by atoms with van der Waals surface area (Å²) in [6, 6.07) is 19.6. The van der Waals surface area contributed by atoms with Crippen LogP contribution in [0.15, 0.2) is 60.7 Å². The number of carbonyl (C=O) groups excluding carboxylic acids is 1.